The molecule has 0 unspecified atom stereocenters. The number of aromatic nitrogens is 2. The number of hydrogen-bond donors (Lipinski definition) is 1. The lowest BCUT2D eigenvalue weighted by Crippen LogP contribution is -2.08. The Bertz CT molecular complexity index is 988. The monoisotopic (exact) mass is 425 g/mol. The third-order valence-corrected chi connectivity index (χ3v) is 7.76. The van der Waals surface area contributed by atoms with Gasteiger partial charge < -0.3 is 5.32 Å². The zero-order valence-corrected chi connectivity index (χ0v) is 17.1. The zero-order chi connectivity index (χ0) is 18.6. The minimum atomic E-state index is -3.33. The number of nitrogens with one attached hydrogen (secondary N) is 1. The topological polar surface area (TPSA) is 72.0 Å². The van der Waals surface area contributed by atoms with Crippen molar-refractivity contribution in [2.45, 2.75) is 16.2 Å². The summed E-state index contributed by atoms with van der Waals surface area (Å²) in [5.41, 5.74) is 2.09. The summed E-state index contributed by atoms with van der Waals surface area (Å²) in [6.07, 6.45) is 0. The van der Waals surface area contributed by atoms with Crippen LogP contribution in [0.2, 0.25) is 5.02 Å². The molecule has 3 rings (SSSR count). The smallest absolute Gasteiger partial charge is 0.210 e. The van der Waals surface area contributed by atoms with Crippen molar-refractivity contribution in [3.63, 3.8) is 0 Å². The normalized spacial score (nSPS) is 11.5. The second-order valence-electron chi connectivity index (χ2n) is 5.43. The summed E-state index contributed by atoms with van der Waals surface area (Å²) in [6.45, 7) is 2.01. The molecule has 0 aliphatic heterocycles. The van der Waals surface area contributed by atoms with Gasteiger partial charge in [-0.2, -0.15) is 0 Å². The van der Waals surface area contributed by atoms with E-state index in [9.17, 15) is 8.42 Å². The Balaban J connectivity index is 1.56. The second-order valence-corrected chi connectivity index (χ2v) is 10.3. The summed E-state index contributed by atoms with van der Waals surface area (Å²) in [5, 5.41) is 12.6. The van der Waals surface area contributed by atoms with Gasteiger partial charge in [0.05, 0.1) is 10.6 Å². The molecular formula is C17H16ClN3O2S3. The molecule has 0 fully saturated rings. The van der Waals surface area contributed by atoms with Gasteiger partial charge in [0.25, 0.3) is 0 Å². The van der Waals surface area contributed by atoms with E-state index >= 15 is 0 Å². The van der Waals surface area contributed by atoms with E-state index in [1.54, 1.807) is 12.1 Å². The molecule has 1 heterocycles. The van der Waals surface area contributed by atoms with E-state index in [1.807, 2.05) is 31.2 Å². The number of para-hydroxylation sites is 1. The third-order valence-electron chi connectivity index (χ3n) is 3.54. The molecule has 136 valence electrons. The number of rotatable bonds is 7. The number of benzene rings is 2. The fourth-order valence-electron chi connectivity index (χ4n) is 2.15. The lowest BCUT2D eigenvalue weighted by molar-refractivity contribution is 0.597. The standard InChI is InChI=1S/C17H16ClN3O2S3/c1-12-4-2-3-5-15(12)19-16-20-21-17(25-16)24-10-11-26(22,23)14-8-6-13(18)7-9-14/h2-9H,10-11H2,1H3,(H,19,20). The van der Waals surface area contributed by atoms with E-state index in [2.05, 4.69) is 15.5 Å². The minimum absolute atomic E-state index is 0.0272. The van der Waals surface area contributed by atoms with Gasteiger partial charge in [0.1, 0.15) is 0 Å². The first-order valence-corrected chi connectivity index (χ1v) is 11.5. The summed E-state index contributed by atoms with van der Waals surface area (Å²) in [4.78, 5) is 0.279. The van der Waals surface area contributed by atoms with Gasteiger partial charge in [-0.3, -0.25) is 0 Å². The van der Waals surface area contributed by atoms with Gasteiger partial charge in [0.2, 0.25) is 5.13 Å². The van der Waals surface area contributed by atoms with Crippen molar-refractivity contribution in [3.8, 4) is 0 Å². The number of halogens is 1. The van der Waals surface area contributed by atoms with Gasteiger partial charge in [-0.25, -0.2) is 8.42 Å². The largest absolute Gasteiger partial charge is 0.330 e. The van der Waals surface area contributed by atoms with Crippen LogP contribution < -0.4 is 5.32 Å². The Kier molecular flexibility index (Phi) is 6.18. The molecule has 0 amide bonds. The molecule has 0 aliphatic carbocycles. The molecular weight excluding hydrogens is 410 g/mol. The molecule has 3 aromatic rings. The maximum atomic E-state index is 12.3. The van der Waals surface area contributed by atoms with Crippen LogP contribution >= 0.6 is 34.7 Å². The molecule has 0 saturated carbocycles. The van der Waals surface area contributed by atoms with Crippen molar-refractivity contribution >= 4 is 55.4 Å². The van der Waals surface area contributed by atoms with Gasteiger partial charge in [0.15, 0.2) is 14.2 Å². The van der Waals surface area contributed by atoms with E-state index in [0.717, 1.165) is 15.6 Å². The maximum Gasteiger partial charge on any atom is 0.210 e. The molecule has 0 saturated heterocycles. The predicted molar refractivity (Wildman–Crippen MR) is 109 cm³/mol. The molecule has 0 atom stereocenters. The molecule has 0 aliphatic rings. The van der Waals surface area contributed by atoms with E-state index in [1.165, 1.54) is 35.2 Å². The Morgan fingerprint density at radius 1 is 1.12 bits per heavy atom. The Morgan fingerprint density at radius 2 is 1.85 bits per heavy atom. The number of aryl methyl sites for hydroxylation is 1. The Morgan fingerprint density at radius 3 is 2.58 bits per heavy atom. The van der Waals surface area contributed by atoms with Gasteiger partial charge in [-0.1, -0.05) is 52.9 Å². The average Bonchev–Trinajstić information content (AvgIpc) is 3.04. The number of thioether (sulfide) groups is 1. The highest BCUT2D eigenvalue weighted by molar-refractivity contribution is 8.02. The van der Waals surface area contributed by atoms with E-state index < -0.39 is 9.84 Å². The molecule has 0 spiro atoms. The molecule has 1 N–H and O–H groups in total. The van der Waals surface area contributed by atoms with Crippen LogP contribution in [-0.2, 0) is 9.84 Å². The van der Waals surface area contributed by atoms with Crippen LogP contribution in [0, 0.1) is 6.92 Å². The third kappa shape index (κ3) is 4.97. The van der Waals surface area contributed by atoms with Gasteiger partial charge in [-0.15, -0.1) is 10.2 Å². The summed E-state index contributed by atoms with van der Waals surface area (Å²) < 4.78 is 25.4. The van der Waals surface area contributed by atoms with Crippen molar-refractivity contribution in [2.75, 3.05) is 16.8 Å². The van der Waals surface area contributed by atoms with Crippen LogP contribution in [0.25, 0.3) is 0 Å². The van der Waals surface area contributed by atoms with Crippen LogP contribution in [-0.4, -0.2) is 30.1 Å². The van der Waals surface area contributed by atoms with Crippen molar-refractivity contribution in [1.29, 1.82) is 0 Å². The lowest BCUT2D eigenvalue weighted by atomic mass is 10.2. The van der Waals surface area contributed by atoms with E-state index in [-0.39, 0.29) is 10.6 Å². The van der Waals surface area contributed by atoms with Crippen LogP contribution in [0.5, 0.6) is 0 Å². The van der Waals surface area contributed by atoms with Crippen molar-refractivity contribution in [3.05, 3.63) is 59.1 Å². The highest BCUT2D eigenvalue weighted by Crippen LogP contribution is 2.29. The molecule has 1 aromatic heterocycles. The van der Waals surface area contributed by atoms with Crippen molar-refractivity contribution < 1.29 is 8.42 Å². The highest BCUT2D eigenvalue weighted by Gasteiger charge is 2.15. The first kappa shape index (κ1) is 19.2. The van der Waals surface area contributed by atoms with Crippen LogP contribution in [0.3, 0.4) is 0 Å². The van der Waals surface area contributed by atoms with Crippen molar-refractivity contribution in [1.82, 2.24) is 10.2 Å². The highest BCUT2D eigenvalue weighted by atomic mass is 35.5. The zero-order valence-electron chi connectivity index (χ0n) is 13.8. The lowest BCUT2D eigenvalue weighted by Gasteiger charge is -2.04. The van der Waals surface area contributed by atoms with E-state index in [0.29, 0.717) is 15.9 Å². The summed E-state index contributed by atoms with van der Waals surface area (Å²) in [5.74, 6) is 0.434. The average molecular weight is 426 g/mol. The molecule has 5 nitrogen and oxygen atoms in total. The molecule has 9 heteroatoms. The van der Waals surface area contributed by atoms with E-state index in [4.69, 9.17) is 11.6 Å². The first-order valence-electron chi connectivity index (χ1n) is 7.71. The van der Waals surface area contributed by atoms with Crippen molar-refractivity contribution in [2.24, 2.45) is 0 Å². The number of hydrogen-bond acceptors (Lipinski definition) is 7. The van der Waals surface area contributed by atoms with Crippen LogP contribution in [0.15, 0.2) is 57.8 Å². The molecule has 0 radical (unpaired) electrons. The first-order chi connectivity index (χ1) is 12.4. The predicted octanol–water partition coefficient (Wildman–Crippen LogP) is 4.81. The fraction of sp³-hybridized carbons (Fsp3) is 0.176. The summed E-state index contributed by atoms with van der Waals surface area (Å²) >= 11 is 8.58. The van der Waals surface area contributed by atoms with Gasteiger partial charge in [0, 0.05) is 16.5 Å². The minimum Gasteiger partial charge on any atom is -0.330 e. The fourth-order valence-corrected chi connectivity index (χ4v) is 5.75. The quantitative estimate of drug-likeness (QED) is 0.547. The van der Waals surface area contributed by atoms with Crippen LogP contribution in [0.4, 0.5) is 10.8 Å². The second kappa shape index (κ2) is 8.39. The molecule has 0 bridgehead atoms. The van der Waals surface area contributed by atoms with Gasteiger partial charge in [-0.05, 0) is 42.8 Å². The van der Waals surface area contributed by atoms with Crippen LogP contribution in [0.1, 0.15) is 5.56 Å². The number of sulfone groups is 1. The number of anilines is 2. The number of nitrogens with zero attached hydrogens (tertiary/aromatic N) is 2. The Hall–Kier alpha value is -1.61. The van der Waals surface area contributed by atoms with Gasteiger partial charge >= 0.3 is 0 Å². The maximum absolute atomic E-state index is 12.3. The summed E-state index contributed by atoms with van der Waals surface area (Å²) in [7, 11) is -3.33. The summed E-state index contributed by atoms with van der Waals surface area (Å²) in [6, 6.07) is 14.1. The molecule has 26 heavy (non-hydrogen) atoms. The Labute approximate surface area is 165 Å². The molecule has 2 aromatic carbocycles. The SMILES string of the molecule is Cc1ccccc1Nc1nnc(SCCS(=O)(=O)c2ccc(Cl)cc2)s1.